The number of fused-ring (bicyclic) bond motifs is 1. The predicted molar refractivity (Wildman–Crippen MR) is 136 cm³/mol. The van der Waals surface area contributed by atoms with Gasteiger partial charge in [0.1, 0.15) is 0 Å². The molecule has 2 atom stereocenters. The van der Waals surface area contributed by atoms with Crippen molar-refractivity contribution < 1.29 is 28.6 Å². The van der Waals surface area contributed by atoms with Crippen LogP contribution < -0.4 is 30.3 Å². The Morgan fingerprint density at radius 1 is 1.22 bits per heavy atom. The monoisotopic (exact) mass is 507 g/mol. The van der Waals surface area contributed by atoms with Gasteiger partial charge in [0.05, 0.1) is 25.5 Å². The van der Waals surface area contributed by atoms with Gasteiger partial charge in [0.25, 0.3) is 0 Å². The van der Waals surface area contributed by atoms with Crippen molar-refractivity contribution in [3.8, 4) is 11.5 Å². The maximum atomic E-state index is 13.3. The van der Waals surface area contributed by atoms with Crippen molar-refractivity contribution in [3.05, 3.63) is 48.0 Å². The third-order valence-electron chi connectivity index (χ3n) is 6.53. The van der Waals surface area contributed by atoms with Crippen LogP contribution in [0.15, 0.2) is 47.5 Å². The van der Waals surface area contributed by atoms with Gasteiger partial charge in [0.2, 0.25) is 18.6 Å². The third kappa shape index (κ3) is 5.60. The Morgan fingerprint density at radius 3 is 2.89 bits per heavy atom. The lowest BCUT2D eigenvalue weighted by Crippen LogP contribution is -2.36. The molecule has 0 saturated carbocycles. The van der Waals surface area contributed by atoms with E-state index in [-0.39, 0.29) is 38.0 Å². The zero-order chi connectivity index (χ0) is 25.8. The fraction of sp³-hybridized carbons (Fsp3) is 0.385. The molecular weight excluding hydrogens is 478 g/mol. The molecule has 1 fully saturated rings. The van der Waals surface area contributed by atoms with Gasteiger partial charge in [-0.25, -0.2) is 0 Å². The molecule has 11 heteroatoms. The molecule has 3 aliphatic heterocycles. The molecule has 0 radical (unpaired) electrons. The van der Waals surface area contributed by atoms with E-state index in [0.717, 1.165) is 25.2 Å². The fourth-order valence-corrected chi connectivity index (χ4v) is 4.56. The Hall–Kier alpha value is -4.28. The van der Waals surface area contributed by atoms with Crippen molar-refractivity contribution in [2.24, 2.45) is 10.9 Å². The molecular formula is C26H29N5O6. The first kappa shape index (κ1) is 24.4. The second kappa shape index (κ2) is 10.8. The largest absolute Gasteiger partial charge is 0.469 e. The minimum absolute atomic E-state index is 0.0576. The van der Waals surface area contributed by atoms with E-state index in [2.05, 4.69) is 20.9 Å². The summed E-state index contributed by atoms with van der Waals surface area (Å²) >= 11 is 0. The van der Waals surface area contributed by atoms with Crippen molar-refractivity contribution in [2.45, 2.75) is 25.3 Å². The summed E-state index contributed by atoms with van der Waals surface area (Å²) in [4.78, 5) is 44.2. The highest BCUT2D eigenvalue weighted by Crippen LogP contribution is 2.35. The van der Waals surface area contributed by atoms with E-state index in [1.165, 1.54) is 7.11 Å². The first-order valence-corrected chi connectivity index (χ1v) is 12.2. The number of hydrogen-bond donors (Lipinski definition) is 3. The summed E-state index contributed by atoms with van der Waals surface area (Å²) in [5.74, 6) is 0.374. The first-order chi connectivity index (χ1) is 18.0. The zero-order valence-electron chi connectivity index (χ0n) is 20.5. The smallest absolute Gasteiger partial charge is 0.307 e. The summed E-state index contributed by atoms with van der Waals surface area (Å²) in [6, 6.07) is 12.1. The van der Waals surface area contributed by atoms with E-state index in [9.17, 15) is 14.4 Å². The van der Waals surface area contributed by atoms with Crippen molar-refractivity contribution in [2.75, 3.05) is 43.8 Å². The number of benzene rings is 2. The Labute approximate surface area is 214 Å². The molecule has 0 aromatic heterocycles. The third-order valence-corrected chi connectivity index (χ3v) is 6.53. The number of ether oxygens (including phenoxy) is 3. The minimum Gasteiger partial charge on any atom is -0.469 e. The molecule has 194 valence electrons. The molecule has 3 N–H and O–H groups in total. The number of rotatable bonds is 7. The van der Waals surface area contributed by atoms with Crippen LogP contribution in [0.4, 0.5) is 11.4 Å². The lowest BCUT2D eigenvalue weighted by Gasteiger charge is -2.22. The molecule has 0 bridgehead atoms. The van der Waals surface area contributed by atoms with Crippen LogP contribution in [0.2, 0.25) is 0 Å². The Kier molecular flexibility index (Phi) is 7.11. The molecule has 2 aromatic carbocycles. The van der Waals surface area contributed by atoms with Crippen LogP contribution >= 0.6 is 0 Å². The number of nitrogens with zero attached hydrogens (tertiary/aromatic N) is 2. The lowest BCUT2D eigenvalue weighted by molar-refractivity contribution is -0.141. The number of guanidine groups is 1. The van der Waals surface area contributed by atoms with Crippen LogP contribution in [0.1, 0.15) is 30.9 Å². The van der Waals surface area contributed by atoms with Gasteiger partial charge in [-0.1, -0.05) is 12.1 Å². The molecule has 11 nitrogen and oxygen atoms in total. The van der Waals surface area contributed by atoms with Gasteiger partial charge < -0.3 is 35.1 Å². The summed E-state index contributed by atoms with van der Waals surface area (Å²) in [7, 11) is 1.30. The molecule has 0 spiro atoms. The van der Waals surface area contributed by atoms with Gasteiger partial charge >= 0.3 is 5.97 Å². The van der Waals surface area contributed by atoms with Crippen LogP contribution in [0.25, 0.3) is 0 Å². The van der Waals surface area contributed by atoms with E-state index in [0.29, 0.717) is 28.7 Å². The topological polar surface area (TPSA) is 131 Å². The average molecular weight is 508 g/mol. The standard InChI is InChI=1S/C26H29N5O6/c1-35-24(33)13-20(16-6-7-21-22(10-16)37-15-36-21)30-25(34)17-11-23(32)31(14-17)19-5-2-4-18(12-19)29-26-27-8-3-9-28-26/h2,4-7,10,12,17,20H,3,8-9,11,13-15H2,1H3,(H,30,34)(H2,27,28,29). The quantitative estimate of drug-likeness (QED) is 0.485. The van der Waals surface area contributed by atoms with Crippen LogP contribution in [0.5, 0.6) is 11.5 Å². The van der Waals surface area contributed by atoms with Crippen molar-refractivity contribution >= 4 is 35.1 Å². The van der Waals surface area contributed by atoms with E-state index in [1.54, 1.807) is 23.1 Å². The average Bonchev–Trinajstić information content (AvgIpc) is 3.55. The summed E-state index contributed by atoms with van der Waals surface area (Å²) in [5.41, 5.74) is 2.18. The van der Waals surface area contributed by atoms with Crippen molar-refractivity contribution in [1.82, 2.24) is 10.6 Å². The summed E-state index contributed by atoms with van der Waals surface area (Å²) in [5, 5.41) is 9.38. The molecule has 3 heterocycles. The number of nitrogens with one attached hydrogen (secondary N) is 3. The molecule has 0 aliphatic carbocycles. The van der Waals surface area contributed by atoms with Crippen LogP contribution in [0, 0.1) is 5.92 Å². The molecule has 2 unspecified atom stereocenters. The molecule has 37 heavy (non-hydrogen) atoms. The van der Waals surface area contributed by atoms with Crippen LogP contribution in [0.3, 0.4) is 0 Å². The Balaban J connectivity index is 1.27. The number of hydrogen-bond acceptors (Lipinski definition) is 9. The first-order valence-electron chi connectivity index (χ1n) is 12.2. The zero-order valence-corrected chi connectivity index (χ0v) is 20.5. The number of esters is 1. The molecule has 5 rings (SSSR count). The molecule has 3 aliphatic rings. The molecule has 1 saturated heterocycles. The number of anilines is 2. The highest BCUT2D eigenvalue weighted by atomic mass is 16.7. The van der Waals surface area contributed by atoms with Gasteiger partial charge in [-0.15, -0.1) is 0 Å². The fourth-order valence-electron chi connectivity index (χ4n) is 4.56. The Bertz CT molecular complexity index is 1230. The summed E-state index contributed by atoms with van der Waals surface area (Å²) < 4.78 is 15.6. The van der Waals surface area contributed by atoms with Crippen LogP contribution in [-0.4, -0.2) is 57.3 Å². The lowest BCUT2D eigenvalue weighted by atomic mass is 10.0. The van der Waals surface area contributed by atoms with E-state index >= 15 is 0 Å². The summed E-state index contributed by atoms with van der Waals surface area (Å²) in [6.45, 7) is 1.98. The maximum absolute atomic E-state index is 13.3. The number of aliphatic imine (C=N–C) groups is 1. The molecule has 2 amide bonds. The van der Waals surface area contributed by atoms with Gasteiger partial charge in [0, 0.05) is 37.4 Å². The SMILES string of the molecule is COC(=O)CC(NC(=O)C1CC(=O)N(c2cccc(NC3=NCCCN3)c2)C1)c1ccc2c(c1)OCO2. The second-order valence-corrected chi connectivity index (χ2v) is 9.05. The number of methoxy groups -OCH3 is 1. The van der Waals surface area contributed by atoms with Crippen molar-refractivity contribution in [3.63, 3.8) is 0 Å². The second-order valence-electron chi connectivity index (χ2n) is 9.05. The van der Waals surface area contributed by atoms with Gasteiger partial charge in [-0.2, -0.15) is 0 Å². The molecule has 2 aromatic rings. The van der Waals surface area contributed by atoms with E-state index in [4.69, 9.17) is 14.2 Å². The predicted octanol–water partition coefficient (Wildman–Crippen LogP) is 1.95. The Morgan fingerprint density at radius 2 is 2.08 bits per heavy atom. The normalized spacial score (nSPS) is 19.1. The maximum Gasteiger partial charge on any atom is 0.307 e. The van der Waals surface area contributed by atoms with Crippen molar-refractivity contribution in [1.29, 1.82) is 0 Å². The van der Waals surface area contributed by atoms with Crippen LogP contribution in [-0.2, 0) is 19.1 Å². The number of carbonyl (C=O) groups is 3. The minimum atomic E-state index is -0.644. The number of carbonyl (C=O) groups excluding carboxylic acids is 3. The van der Waals surface area contributed by atoms with Gasteiger partial charge in [0.15, 0.2) is 17.5 Å². The van der Waals surface area contributed by atoms with Gasteiger partial charge in [-0.05, 0) is 42.3 Å². The highest BCUT2D eigenvalue weighted by Gasteiger charge is 2.36. The van der Waals surface area contributed by atoms with E-state index in [1.807, 2.05) is 24.3 Å². The van der Waals surface area contributed by atoms with E-state index < -0.39 is 17.9 Å². The van der Waals surface area contributed by atoms with Gasteiger partial charge in [-0.3, -0.25) is 19.4 Å². The summed E-state index contributed by atoms with van der Waals surface area (Å²) in [6.07, 6.45) is 1.01. The number of amides is 2. The highest BCUT2D eigenvalue weighted by molar-refractivity contribution is 6.01.